The Morgan fingerprint density at radius 3 is 0.677 bits per heavy atom. The van der Waals surface area contributed by atoms with Gasteiger partial charge in [0, 0.05) is 0 Å². The fraction of sp³-hybridized carbons (Fsp3) is 0.786. The van der Waals surface area contributed by atoms with Crippen LogP contribution in [0.1, 0.15) is 282 Å². The molecule has 65 heavy (non-hydrogen) atoms. The molecule has 0 aliphatic carbocycles. The van der Waals surface area contributed by atoms with Gasteiger partial charge in [-0.3, -0.25) is 0 Å². The Kier molecular flexibility index (Phi) is 44.8. The number of hydrogen-bond donors (Lipinski definition) is 0. The molecular formula is C56H98MgO6S2. The summed E-state index contributed by atoms with van der Waals surface area (Å²) in [5.41, 5.74) is 1.90. The van der Waals surface area contributed by atoms with Gasteiger partial charge in [-0.1, -0.05) is 282 Å². The summed E-state index contributed by atoms with van der Waals surface area (Å²) in [6.45, 7) is 4.56. The monoisotopic (exact) mass is 955 g/mol. The molecule has 0 unspecified atom stereocenters. The summed E-state index contributed by atoms with van der Waals surface area (Å²) >= 11 is 0. The van der Waals surface area contributed by atoms with Crippen molar-refractivity contribution in [1.82, 2.24) is 0 Å². The van der Waals surface area contributed by atoms with Crippen molar-refractivity contribution < 1.29 is 25.9 Å². The van der Waals surface area contributed by atoms with E-state index in [4.69, 9.17) is 0 Å². The van der Waals surface area contributed by atoms with Crippen LogP contribution in [0.5, 0.6) is 0 Å². The van der Waals surface area contributed by atoms with E-state index in [2.05, 4.69) is 13.8 Å². The van der Waals surface area contributed by atoms with E-state index in [9.17, 15) is 25.9 Å². The Morgan fingerprint density at radius 2 is 0.492 bits per heavy atom. The maximum Gasteiger partial charge on any atom is 2.00 e. The van der Waals surface area contributed by atoms with Crippen molar-refractivity contribution in [2.75, 3.05) is 0 Å². The van der Waals surface area contributed by atoms with Crippen molar-refractivity contribution in [3.63, 3.8) is 0 Å². The maximum absolute atomic E-state index is 11.1. The van der Waals surface area contributed by atoms with E-state index in [1.165, 1.54) is 268 Å². The molecule has 0 atom stereocenters. The quantitative estimate of drug-likeness (QED) is 0.0371. The molecule has 2 aromatic carbocycles. The van der Waals surface area contributed by atoms with Crippen LogP contribution in [-0.4, -0.2) is 49.0 Å². The molecule has 0 fully saturated rings. The third kappa shape index (κ3) is 41.7. The van der Waals surface area contributed by atoms with Gasteiger partial charge in [-0.05, 0) is 61.1 Å². The summed E-state index contributed by atoms with van der Waals surface area (Å²) < 4.78 is 66.5. The standard InChI is InChI=1S/2C28H50O3S.Mg/c2*1-2-3-4-5-6-7-8-9-10-11-12-13-14-15-16-17-18-19-20-21-23-27-24-22-25-28(26-27)32(29,30)31;/h2*22,24-26H,2-21,23H2,1H3,(H,29,30,31);/q;;+2/p-2. The number of benzene rings is 2. The van der Waals surface area contributed by atoms with Crippen molar-refractivity contribution in [3.05, 3.63) is 59.7 Å². The van der Waals surface area contributed by atoms with E-state index >= 15 is 0 Å². The van der Waals surface area contributed by atoms with E-state index in [0.717, 1.165) is 36.8 Å². The minimum atomic E-state index is -4.34. The molecule has 6 nitrogen and oxygen atoms in total. The normalized spacial score (nSPS) is 11.6. The number of rotatable bonds is 44. The van der Waals surface area contributed by atoms with E-state index in [1.54, 1.807) is 12.1 Å². The minimum absolute atomic E-state index is 0. The Balaban J connectivity index is 0.00000124. The molecule has 0 heterocycles. The number of hydrogen-bond acceptors (Lipinski definition) is 6. The van der Waals surface area contributed by atoms with Crippen LogP contribution in [0.2, 0.25) is 0 Å². The van der Waals surface area contributed by atoms with Crippen LogP contribution in [0.25, 0.3) is 0 Å². The zero-order valence-electron chi connectivity index (χ0n) is 42.3. The van der Waals surface area contributed by atoms with Crippen LogP contribution >= 0.6 is 0 Å². The summed E-state index contributed by atoms with van der Waals surface area (Å²) in [4.78, 5) is -0.216. The minimum Gasteiger partial charge on any atom is -0.744 e. The summed E-state index contributed by atoms with van der Waals surface area (Å²) in [7, 11) is -8.68. The zero-order chi connectivity index (χ0) is 46.7. The van der Waals surface area contributed by atoms with Crippen LogP contribution in [0, 0.1) is 0 Å². The van der Waals surface area contributed by atoms with Crippen molar-refractivity contribution in [1.29, 1.82) is 0 Å². The van der Waals surface area contributed by atoms with Crippen molar-refractivity contribution in [3.8, 4) is 0 Å². The van der Waals surface area contributed by atoms with Crippen molar-refractivity contribution in [2.24, 2.45) is 0 Å². The predicted octanol–water partition coefficient (Wildman–Crippen LogP) is 17.5. The Bertz CT molecular complexity index is 1430. The molecule has 2 rings (SSSR count). The third-order valence-electron chi connectivity index (χ3n) is 13.0. The van der Waals surface area contributed by atoms with Gasteiger partial charge in [-0.25, -0.2) is 16.8 Å². The first-order valence-corrected chi connectivity index (χ1v) is 30.0. The topological polar surface area (TPSA) is 114 Å². The summed E-state index contributed by atoms with van der Waals surface area (Å²) in [5.74, 6) is 0. The Morgan fingerprint density at radius 1 is 0.308 bits per heavy atom. The molecule has 0 aliphatic rings. The SMILES string of the molecule is CCCCCCCCCCCCCCCCCCCCCCc1cccc(S(=O)(=O)[O-])c1.CCCCCCCCCCCCCCCCCCCCCCc1cccc(S(=O)(=O)[O-])c1.[Mg+2]. The second kappa shape index (κ2) is 45.5. The number of unbranched alkanes of at least 4 members (excludes halogenated alkanes) is 38. The van der Waals surface area contributed by atoms with Crippen LogP contribution < -0.4 is 0 Å². The summed E-state index contributed by atoms with van der Waals surface area (Å²) in [6.07, 6.45) is 56.5. The molecule has 0 spiro atoms. The fourth-order valence-electron chi connectivity index (χ4n) is 8.88. The molecule has 0 aromatic heterocycles. The van der Waals surface area contributed by atoms with Gasteiger partial charge in [0.1, 0.15) is 20.2 Å². The van der Waals surface area contributed by atoms with Crippen LogP contribution in [0.15, 0.2) is 58.3 Å². The third-order valence-corrected chi connectivity index (χ3v) is 14.7. The van der Waals surface area contributed by atoms with E-state index in [-0.39, 0.29) is 32.8 Å². The molecule has 0 N–H and O–H groups in total. The first-order valence-electron chi connectivity index (χ1n) is 27.2. The van der Waals surface area contributed by atoms with E-state index in [1.807, 2.05) is 12.1 Å². The molecule has 0 saturated heterocycles. The molecule has 2 aromatic rings. The summed E-state index contributed by atoms with van der Waals surface area (Å²) in [5, 5.41) is 0. The molecule has 0 radical (unpaired) electrons. The average molecular weight is 956 g/mol. The fourth-order valence-corrected chi connectivity index (χ4v) is 9.96. The van der Waals surface area contributed by atoms with E-state index in [0.29, 0.717) is 0 Å². The Hall–Kier alpha value is -0.974. The first kappa shape index (κ1) is 64.0. The maximum atomic E-state index is 11.1. The molecule has 0 aliphatic heterocycles. The summed E-state index contributed by atoms with van der Waals surface area (Å²) in [6, 6.07) is 12.9. The first-order chi connectivity index (χ1) is 31.1. The molecule has 9 heteroatoms. The predicted molar refractivity (Wildman–Crippen MR) is 278 cm³/mol. The second-order valence-electron chi connectivity index (χ2n) is 19.1. The van der Waals surface area contributed by atoms with Gasteiger partial charge in [0.2, 0.25) is 0 Å². The Labute approximate surface area is 419 Å². The van der Waals surface area contributed by atoms with Gasteiger partial charge in [-0.2, -0.15) is 0 Å². The molecular weight excluding hydrogens is 857 g/mol. The van der Waals surface area contributed by atoms with Gasteiger partial charge < -0.3 is 9.11 Å². The molecule has 0 amide bonds. The van der Waals surface area contributed by atoms with Crippen molar-refractivity contribution >= 4 is 43.3 Å². The zero-order valence-corrected chi connectivity index (χ0v) is 45.3. The van der Waals surface area contributed by atoms with Crippen LogP contribution in [-0.2, 0) is 33.1 Å². The molecule has 372 valence electrons. The second-order valence-corrected chi connectivity index (χ2v) is 21.9. The van der Waals surface area contributed by atoms with Gasteiger partial charge in [0.15, 0.2) is 0 Å². The number of aryl methyl sites for hydroxylation is 2. The average Bonchev–Trinajstić information content (AvgIpc) is 3.27. The molecule has 0 saturated carbocycles. The van der Waals surface area contributed by atoms with E-state index < -0.39 is 20.2 Å². The smallest absolute Gasteiger partial charge is 0.744 e. The van der Waals surface area contributed by atoms with Crippen molar-refractivity contribution in [2.45, 2.75) is 293 Å². The van der Waals surface area contributed by atoms with Crippen LogP contribution in [0.3, 0.4) is 0 Å². The largest absolute Gasteiger partial charge is 2.00 e. The molecule has 0 bridgehead atoms. The van der Waals surface area contributed by atoms with Gasteiger partial charge in [0.25, 0.3) is 0 Å². The van der Waals surface area contributed by atoms with Gasteiger partial charge in [0.05, 0.1) is 9.79 Å². The van der Waals surface area contributed by atoms with Crippen LogP contribution in [0.4, 0.5) is 0 Å². The van der Waals surface area contributed by atoms with Gasteiger partial charge in [-0.15, -0.1) is 0 Å². The van der Waals surface area contributed by atoms with Gasteiger partial charge >= 0.3 is 23.1 Å².